The number of nitrogens with zero attached hydrogens (tertiary/aromatic N) is 1. The van der Waals surface area contributed by atoms with Crippen LogP contribution in [0.2, 0.25) is 0 Å². The highest BCUT2D eigenvalue weighted by Gasteiger charge is 2.40. The van der Waals surface area contributed by atoms with Gasteiger partial charge >= 0.3 is 6.09 Å². The van der Waals surface area contributed by atoms with E-state index in [0.717, 1.165) is 18.4 Å². The van der Waals surface area contributed by atoms with Crippen LogP contribution < -0.4 is 0 Å². The van der Waals surface area contributed by atoms with Crippen LogP contribution in [0.4, 0.5) is 4.79 Å². The van der Waals surface area contributed by atoms with Crippen LogP contribution in [-0.4, -0.2) is 35.8 Å². The van der Waals surface area contributed by atoms with Gasteiger partial charge in [-0.3, -0.25) is 0 Å². The first-order valence-electron chi connectivity index (χ1n) is 6.69. The van der Waals surface area contributed by atoms with Crippen molar-refractivity contribution in [3.8, 4) is 0 Å². The van der Waals surface area contributed by atoms with Gasteiger partial charge in [-0.05, 0) is 23.8 Å². The van der Waals surface area contributed by atoms with Crippen molar-refractivity contribution in [1.82, 2.24) is 4.90 Å². The monoisotopic (exact) mass is 263 g/mol. The third-order valence-electron chi connectivity index (χ3n) is 3.51. The molecular weight excluding hydrogens is 242 g/mol. The second-order valence-electron chi connectivity index (χ2n) is 5.50. The lowest BCUT2D eigenvalue weighted by atomic mass is 10.1. The van der Waals surface area contributed by atoms with Gasteiger partial charge in [0.05, 0.1) is 6.61 Å². The standard InChI is InChI=1S/C15H21NO3/c1-15(7-8-15)12-16(9-10-17)14(18)19-11-13-5-3-2-4-6-13/h2-6,17H,7-12H2,1H3. The second-order valence-corrected chi connectivity index (χ2v) is 5.50. The Morgan fingerprint density at radius 1 is 1.37 bits per heavy atom. The molecule has 0 unspecified atom stereocenters. The van der Waals surface area contributed by atoms with Gasteiger partial charge in [0.2, 0.25) is 0 Å². The number of carbonyl (C=O) groups excluding carboxylic acids is 1. The lowest BCUT2D eigenvalue weighted by Gasteiger charge is -2.24. The van der Waals surface area contributed by atoms with E-state index in [1.807, 2.05) is 30.3 Å². The maximum absolute atomic E-state index is 12.0. The number of amides is 1. The van der Waals surface area contributed by atoms with Crippen molar-refractivity contribution in [3.63, 3.8) is 0 Å². The molecule has 0 aromatic heterocycles. The van der Waals surface area contributed by atoms with E-state index < -0.39 is 0 Å². The van der Waals surface area contributed by atoms with Gasteiger partial charge in [0, 0.05) is 13.1 Å². The Morgan fingerprint density at radius 3 is 2.63 bits per heavy atom. The third-order valence-corrected chi connectivity index (χ3v) is 3.51. The van der Waals surface area contributed by atoms with Crippen LogP contribution in [0.15, 0.2) is 30.3 Å². The van der Waals surface area contributed by atoms with Crippen LogP contribution in [0.1, 0.15) is 25.3 Å². The topological polar surface area (TPSA) is 49.8 Å². The largest absolute Gasteiger partial charge is 0.445 e. The molecule has 1 saturated carbocycles. The smallest absolute Gasteiger partial charge is 0.410 e. The highest BCUT2D eigenvalue weighted by molar-refractivity contribution is 5.67. The zero-order valence-electron chi connectivity index (χ0n) is 11.3. The summed E-state index contributed by atoms with van der Waals surface area (Å²) in [5.74, 6) is 0. The summed E-state index contributed by atoms with van der Waals surface area (Å²) in [6.45, 7) is 3.40. The van der Waals surface area contributed by atoms with E-state index in [2.05, 4.69) is 6.92 Å². The molecule has 0 heterocycles. The van der Waals surface area contributed by atoms with Crippen molar-refractivity contribution < 1.29 is 14.6 Å². The quantitative estimate of drug-likeness (QED) is 0.857. The number of aliphatic hydroxyl groups excluding tert-OH is 1. The number of hydrogen-bond donors (Lipinski definition) is 1. The molecule has 0 spiro atoms. The molecule has 4 heteroatoms. The van der Waals surface area contributed by atoms with Crippen molar-refractivity contribution in [3.05, 3.63) is 35.9 Å². The molecule has 1 aromatic carbocycles. The fraction of sp³-hybridized carbons (Fsp3) is 0.533. The Morgan fingerprint density at radius 2 is 2.05 bits per heavy atom. The first kappa shape index (κ1) is 13.9. The van der Waals surface area contributed by atoms with Crippen LogP contribution in [0.3, 0.4) is 0 Å². The molecule has 0 saturated heterocycles. The van der Waals surface area contributed by atoms with E-state index in [-0.39, 0.29) is 24.7 Å². The van der Waals surface area contributed by atoms with Crippen LogP contribution in [0.25, 0.3) is 0 Å². The lowest BCUT2D eigenvalue weighted by molar-refractivity contribution is 0.0815. The first-order valence-corrected chi connectivity index (χ1v) is 6.69. The molecule has 0 atom stereocenters. The third kappa shape index (κ3) is 4.24. The average molecular weight is 263 g/mol. The van der Waals surface area contributed by atoms with E-state index in [9.17, 15) is 4.79 Å². The van der Waals surface area contributed by atoms with Crippen molar-refractivity contribution in [2.24, 2.45) is 5.41 Å². The number of carbonyl (C=O) groups is 1. The molecule has 19 heavy (non-hydrogen) atoms. The van der Waals surface area contributed by atoms with Crippen LogP contribution in [-0.2, 0) is 11.3 Å². The average Bonchev–Trinajstić information content (AvgIpc) is 3.14. The van der Waals surface area contributed by atoms with Gasteiger partial charge in [0.1, 0.15) is 6.61 Å². The van der Waals surface area contributed by atoms with Crippen molar-refractivity contribution in [2.45, 2.75) is 26.4 Å². The summed E-state index contributed by atoms with van der Waals surface area (Å²) in [6, 6.07) is 9.61. The minimum absolute atomic E-state index is 0.0312. The summed E-state index contributed by atoms with van der Waals surface area (Å²) < 4.78 is 5.29. The number of aliphatic hydroxyl groups is 1. The maximum atomic E-state index is 12.0. The van der Waals surface area contributed by atoms with Crippen LogP contribution in [0.5, 0.6) is 0 Å². The van der Waals surface area contributed by atoms with Gasteiger partial charge in [-0.25, -0.2) is 4.79 Å². The summed E-state index contributed by atoms with van der Waals surface area (Å²) in [5.41, 5.74) is 1.19. The van der Waals surface area contributed by atoms with E-state index in [1.165, 1.54) is 0 Å². The fourth-order valence-corrected chi connectivity index (χ4v) is 2.00. The molecule has 1 N–H and O–H groups in total. The summed E-state index contributed by atoms with van der Waals surface area (Å²) in [4.78, 5) is 13.6. The molecule has 1 amide bonds. The first-order chi connectivity index (χ1) is 9.13. The van der Waals surface area contributed by atoms with E-state index >= 15 is 0 Å². The summed E-state index contributed by atoms with van der Waals surface area (Å²) in [5, 5.41) is 9.04. The van der Waals surface area contributed by atoms with Crippen LogP contribution in [0, 0.1) is 5.41 Å². The molecule has 2 rings (SSSR count). The molecule has 0 radical (unpaired) electrons. The maximum Gasteiger partial charge on any atom is 0.410 e. The molecule has 1 aliphatic rings. The van der Waals surface area contributed by atoms with Gasteiger partial charge < -0.3 is 14.7 Å². The minimum atomic E-state index is -0.342. The Bertz CT molecular complexity index is 415. The fourth-order valence-electron chi connectivity index (χ4n) is 2.00. The highest BCUT2D eigenvalue weighted by Crippen LogP contribution is 2.45. The second kappa shape index (κ2) is 6.06. The summed E-state index contributed by atoms with van der Waals surface area (Å²) in [6.07, 6.45) is 1.94. The number of rotatable bonds is 6. The zero-order chi connectivity index (χ0) is 13.7. The predicted octanol–water partition coefficient (Wildman–Crippen LogP) is 2.42. The Balaban J connectivity index is 1.84. The zero-order valence-corrected chi connectivity index (χ0v) is 11.3. The van der Waals surface area contributed by atoms with Gasteiger partial charge in [-0.2, -0.15) is 0 Å². The van der Waals surface area contributed by atoms with Crippen molar-refractivity contribution in [2.75, 3.05) is 19.7 Å². The number of ether oxygens (including phenoxy) is 1. The normalized spacial score (nSPS) is 15.9. The molecule has 1 fully saturated rings. The Kier molecular flexibility index (Phi) is 4.43. The van der Waals surface area contributed by atoms with E-state index in [4.69, 9.17) is 9.84 Å². The van der Waals surface area contributed by atoms with E-state index in [1.54, 1.807) is 4.90 Å². The van der Waals surface area contributed by atoms with Gasteiger partial charge in [-0.1, -0.05) is 37.3 Å². The van der Waals surface area contributed by atoms with Crippen molar-refractivity contribution >= 4 is 6.09 Å². The van der Waals surface area contributed by atoms with Gasteiger partial charge in [0.15, 0.2) is 0 Å². The van der Waals surface area contributed by atoms with Crippen LogP contribution >= 0.6 is 0 Å². The molecule has 0 aliphatic heterocycles. The van der Waals surface area contributed by atoms with E-state index in [0.29, 0.717) is 13.1 Å². The number of hydrogen-bond acceptors (Lipinski definition) is 3. The molecular formula is C15H21NO3. The molecule has 4 nitrogen and oxygen atoms in total. The van der Waals surface area contributed by atoms with Gasteiger partial charge in [-0.15, -0.1) is 0 Å². The highest BCUT2D eigenvalue weighted by atomic mass is 16.6. The SMILES string of the molecule is CC1(CN(CCO)C(=O)OCc2ccccc2)CC1. The Hall–Kier alpha value is -1.55. The number of benzene rings is 1. The lowest BCUT2D eigenvalue weighted by Crippen LogP contribution is -2.37. The Labute approximate surface area is 114 Å². The molecule has 104 valence electrons. The summed E-state index contributed by atoms with van der Waals surface area (Å²) >= 11 is 0. The summed E-state index contributed by atoms with van der Waals surface area (Å²) in [7, 11) is 0. The predicted molar refractivity (Wildman–Crippen MR) is 72.6 cm³/mol. The van der Waals surface area contributed by atoms with Crippen molar-refractivity contribution in [1.29, 1.82) is 0 Å². The molecule has 1 aromatic rings. The minimum Gasteiger partial charge on any atom is -0.445 e. The van der Waals surface area contributed by atoms with Gasteiger partial charge in [0.25, 0.3) is 0 Å². The molecule has 1 aliphatic carbocycles. The molecule has 0 bridgehead atoms.